The van der Waals surface area contributed by atoms with Crippen LogP contribution in [0.1, 0.15) is 13.8 Å². The fourth-order valence-electron chi connectivity index (χ4n) is 0.250. The van der Waals surface area contributed by atoms with E-state index in [1.54, 1.807) is 0 Å². The van der Waals surface area contributed by atoms with Crippen LogP contribution in [0.15, 0.2) is 0 Å². The van der Waals surface area contributed by atoms with E-state index in [2.05, 4.69) is 13.8 Å². The van der Waals surface area contributed by atoms with Crippen LogP contribution >= 0.6 is 17.0 Å². The van der Waals surface area contributed by atoms with E-state index in [0.717, 1.165) is 0 Å². The van der Waals surface area contributed by atoms with E-state index in [9.17, 15) is 0 Å². The van der Waals surface area contributed by atoms with Crippen molar-refractivity contribution in [1.82, 2.24) is 0 Å². The molecule has 0 aliphatic carbocycles. The van der Waals surface area contributed by atoms with Gasteiger partial charge in [-0.3, -0.25) is 0 Å². The van der Waals surface area contributed by atoms with Crippen molar-refractivity contribution < 1.29 is 0 Å². The first-order valence-electron chi connectivity index (χ1n) is 2.12. The molecule has 0 fully saturated rings. The molecule has 2 radical (unpaired) electrons. The van der Waals surface area contributed by atoms with Gasteiger partial charge < -0.3 is 0 Å². The van der Waals surface area contributed by atoms with E-state index < -0.39 is 0 Å². The van der Waals surface area contributed by atoms with Gasteiger partial charge in [-0.25, -0.2) is 0 Å². The van der Waals surface area contributed by atoms with Crippen molar-refractivity contribution in [2.75, 3.05) is 0 Å². The molecule has 38 valence electrons. The topological polar surface area (TPSA) is 0 Å². The maximum atomic E-state index is 2.30. The van der Waals surface area contributed by atoms with E-state index in [1.165, 1.54) is 7.96 Å². The van der Waals surface area contributed by atoms with Gasteiger partial charge >= 0.3 is 46.0 Å². The summed E-state index contributed by atoms with van der Waals surface area (Å²) in [6.45, 7) is 4.60. The summed E-state index contributed by atoms with van der Waals surface area (Å²) in [6.07, 6.45) is 0. The molecule has 0 aliphatic rings. The third-order valence-electron chi connectivity index (χ3n) is 0.500. The van der Waals surface area contributed by atoms with Crippen LogP contribution in [0, 0.1) is 0 Å². The predicted octanol–water partition coefficient (Wildman–Crippen LogP) is 2.14. The van der Waals surface area contributed by atoms with Gasteiger partial charge in [-0.2, -0.15) is 0 Å². The van der Waals surface area contributed by atoms with Crippen LogP contribution < -0.4 is 0 Å². The number of hydrogen-bond donors (Lipinski definition) is 0. The fraction of sp³-hybridized carbons (Fsp3) is 1.00. The average Bonchev–Trinajstić information content (AvgIpc) is 1.41. The van der Waals surface area contributed by atoms with Crippen molar-refractivity contribution in [3.8, 4) is 0 Å². The summed E-state index contributed by atoms with van der Waals surface area (Å²) in [6, 6.07) is 0. The number of rotatable bonds is 2. The molecule has 0 atom stereocenters. The SMILES string of the molecule is Br.C[CH2][Pb][CH2]C. The number of hydrogen-bond acceptors (Lipinski definition) is 0. The molecular weight excluding hydrogens is 335 g/mol. The second-order valence-electron chi connectivity index (χ2n) is 0.957. The molecule has 0 aromatic rings. The van der Waals surface area contributed by atoms with Crippen LogP contribution in [-0.4, -0.2) is 24.2 Å². The minimum absolute atomic E-state index is 0. The normalized spacial score (nSPS) is 7.00. The molecule has 0 saturated carbocycles. The third-order valence-corrected chi connectivity index (χ3v) is 4.39. The molecule has 0 bridgehead atoms. The van der Waals surface area contributed by atoms with Crippen LogP contribution in [0.2, 0.25) is 7.96 Å². The van der Waals surface area contributed by atoms with Crippen molar-refractivity contribution in [2.24, 2.45) is 0 Å². The molecule has 0 aromatic carbocycles. The first-order chi connectivity index (χ1) is 2.41. The monoisotopic (exact) mass is 346 g/mol. The van der Waals surface area contributed by atoms with E-state index in [1.807, 2.05) is 0 Å². The zero-order chi connectivity index (χ0) is 4.12. The second-order valence-corrected chi connectivity index (χ2v) is 8.40. The van der Waals surface area contributed by atoms with Crippen LogP contribution in [-0.2, 0) is 0 Å². The molecule has 0 spiro atoms. The molecule has 0 nitrogen and oxygen atoms in total. The van der Waals surface area contributed by atoms with Gasteiger partial charge in [0, 0.05) is 0 Å². The zero-order valence-corrected chi connectivity index (χ0v) is 9.92. The Hall–Kier alpha value is 1.40. The summed E-state index contributed by atoms with van der Waals surface area (Å²) < 4.78 is 3.08. The summed E-state index contributed by atoms with van der Waals surface area (Å²) in [5, 5.41) is 0. The Labute approximate surface area is 62.7 Å². The molecule has 0 N–H and O–H groups in total. The Bertz CT molecular complexity index is 15.0. The molecule has 6 heavy (non-hydrogen) atoms. The second kappa shape index (κ2) is 9.64. The first-order valence-corrected chi connectivity index (χ1v) is 7.62. The minimum atomic E-state index is 0. The predicted molar refractivity (Wildman–Crippen MR) is 37.0 cm³/mol. The summed E-state index contributed by atoms with van der Waals surface area (Å²) in [5.74, 6) is 0. The zero-order valence-electron chi connectivity index (χ0n) is 4.32. The molecule has 0 heterocycles. The molecule has 0 aliphatic heterocycles. The van der Waals surface area contributed by atoms with Crippen molar-refractivity contribution in [3.63, 3.8) is 0 Å². The van der Waals surface area contributed by atoms with Gasteiger partial charge in [0.05, 0.1) is 0 Å². The van der Waals surface area contributed by atoms with Crippen LogP contribution in [0.25, 0.3) is 0 Å². The van der Waals surface area contributed by atoms with Crippen LogP contribution in [0.3, 0.4) is 0 Å². The Kier molecular flexibility index (Phi) is 16.7. The molecule has 0 saturated heterocycles. The maximum absolute atomic E-state index is 2.30. The standard InChI is InChI=1S/2C2H5.BrH.Pb/c2*1-2;;/h2*1H2,2H3;1H;. The van der Waals surface area contributed by atoms with Crippen LogP contribution in [0.5, 0.6) is 0 Å². The van der Waals surface area contributed by atoms with Crippen LogP contribution in [0.4, 0.5) is 0 Å². The first kappa shape index (κ1) is 10.4. The molecule has 0 unspecified atom stereocenters. The Morgan fingerprint density at radius 1 is 1.17 bits per heavy atom. The van der Waals surface area contributed by atoms with Gasteiger partial charge in [0.2, 0.25) is 0 Å². The molecule has 0 aromatic heterocycles. The van der Waals surface area contributed by atoms with E-state index in [4.69, 9.17) is 0 Å². The summed E-state index contributed by atoms with van der Waals surface area (Å²) >= 11 is 0.0494. The molecule has 0 rings (SSSR count). The Morgan fingerprint density at radius 3 is 1.50 bits per heavy atom. The number of halogens is 1. The molecule has 0 amide bonds. The van der Waals surface area contributed by atoms with Crippen molar-refractivity contribution in [2.45, 2.75) is 21.8 Å². The fourth-order valence-corrected chi connectivity index (χ4v) is 2.19. The van der Waals surface area contributed by atoms with E-state index in [0.29, 0.717) is 0 Å². The van der Waals surface area contributed by atoms with Gasteiger partial charge in [-0.15, -0.1) is 17.0 Å². The van der Waals surface area contributed by atoms with Gasteiger partial charge in [0.25, 0.3) is 0 Å². The van der Waals surface area contributed by atoms with Gasteiger partial charge in [0.1, 0.15) is 0 Å². The molecular formula is C4H11BrPb. The summed E-state index contributed by atoms with van der Waals surface area (Å²) in [4.78, 5) is 0. The Morgan fingerprint density at radius 2 is 1.50 bits per heavy atom. The third kappa shape index (κ3) is 9.04. The van der Waals surface area contributed by atoms with Gasteiger partial charge in [-0.1, -0.05) is 0 Å². The van der Waals surface area contributed by atoms with Crippen molar-refractivity contribution in [1.29, 1.82) is 0 Å². The van der Waals surface area contributed by atoms with Gasteiger partial charge in [-0.05, 0) is 0 Å². The summed E-state index contributed by atoms with van der Waals surface area (Å²) in [7, 11) is 0. The van der Waals surface area contributed by atoms with Crippen molar-refractivity contribution >= 4 is 41.2 Å². The van der Waals surface area contributed by atoms with Crippen molar-refractivity contribution in [3.05, 3.63) is 0 Å². The van der Waals surface area contributed by atoms with E-state index in [-0.39, 0.29) is 41.2 Å². The molecule has 2 heteroatoms. The Balaban J connectivity index is 0. The average molecular weight is 346 g/mol. The van der Waals surface area contributed by atoms with E-state index >= 15 is 0 Å². The quantitative estimate of drug-likeness (QED) is 0.672. The summed E-state index contributed by atoms with van der Waals surface area (Å²) in [5.41, 5.74) is 0. The van der Waals surface area contributed by atoms with Gasteiger partial charge in [0.15, 0.2) is 0 Å².